The molecule has 7 nitrogen and oxygen atoms in total. The predicted molar refractivity (Wildman–Crippen MR) is 94.2 cm³/mol. The Bertz CT molecular complexity index is 840. The second-order valence-electron chi connectivity index (χ2n) is 5.29. The summed E-state index contributed by atoms with van der Waals surface area (Å²) in [5, 5.41) is 11.4. The number of nitrogens with zero attached hydrogens (tertiary/aromatic N) is 1. The molecule has 0 aromatic heterocycles. The molecule has 2 aromatic rings. The SMILES string of the molecule is COc1ccc(C(=O)O[C@@H](C)C(=O)Nc2ccc(C#N)cc2)c(OC)c1. The van der Waals surface area contributed by atoms with Gasteiger partial charge in [-0.3, -0.25) is 4.79 Å². The summed E-state index contributed by atoms with van der Waals surface area (Å²) in [5.74, 6) is -0.360. The number of esters is 1. The van der Waals surface area contributed by atoms with Gasteiger partial charge in [-0.05, 0) is 43.3 Å². The Morgan fingerprint density at radius 1 is 1.08 bits per heavy atom. The first-order chi connectivity index (χ1) is 12.5. The van der Waals surface area contributed by atoms with E-state index in [4.69, 9.17) is 19.5 Å². The Balaban J connectivity index is 2.03. The molecule has 2 aromatic carbocycles. The van der Waals surface area contributed by atoms with Gasteiger partial charge in [-0.2, -0.15) is 5.26 Å². The van der Waals surface area contributed by atoms with Gasteiger partial charge in [0.05, 0.1) is 25.9 Å². The number of rotatable bonds is 6. The Labute approximate surface area is 151 Å². The number of nitriles is 1. The zero-order valence-corrected chi connectivity index (χ0v) is 14.6. The lowest BCUT2D eigenvalue weighted by atomic mass is 10.2. The number of anilines is 1. The number of amides is 1. The number of ether oxygens (including phenoxy) is 3. The lowest BCUT2D eigenvalue weighted by Crippen LogP contribution is -2.30. The minimum Gasteiger partial charge on any atom is -0.497 e. The van der Waals surface area contributed by atoms with Crippen molar-refractivity contribution in [3.8, 4) is 17.6 Å². The molecule has 2 rings (SSSR count). The molecule has 1 N–H and O–H groups in total. The van der Waals surface area contributed by atoms with Crippen LogP contribution in [-0.2, 0) is 9.53 Å². The average Bonchev–Trinajstić information content (AvgIpc) is 2.67. The van der Waals surface area contributed by atoms with Gasteiger partial charge in [-0.15, -0.1) is 0 Å². The van der Waals surface area contributed by atoms with E-state index < -0.39 is 18.0 Å². The number of carbonyl (C=O) groups excluding carboxylic acids is 2. The summed E-state index contributed by atoms with van der Waals surface area (Å²) in [6.07, 6.45) is -1.02. The number of hydrogen-bond acceptors (Lipinski definition) is 6. The Hall–Kier alpha value is -3.53. The highest BCUT2D eigenvalue weighted by Crippen LogP contribution is 2.25. The van der Waals surface area contributed by atoms with Crippen molar-refractivity contribution in [2.24, 2.45) is 0 Å². The maximum atomic E-state index is 12.3. The average molecular weight is 354 g/mol. The normalized spacial score (nSPS) is 11.0. The number of hydrogen-bond donors (Lipinski definition) is 1. The largest absolute Gasteiger partial charge is 0.497 e. The van der Waals surface area contributed by atoms with Gasteiger partial charge < -0.3 is 19.5 Å². The van der Waals surface area contributed by atoms with Crippen LogP contribution in [0.15, 0.2) is 42.5 Å². The molecule has 0 aliphatic carbocycles. The molecule has 26 heavy (non-hydrogen) atoms. The highest BCUT2D eigenvalue weighted by Gasteiger charge is 2.22. The van der Waals surface area contributed by atoms with Crippen LogP contribution in [0.1, 0.15) is 22.8 Å². The Morgan fingerprint density at radius 3 is 2.35 bits per heavy atom. The van der Waals surface area contributed by atoms with Crippen molar-refractivity contribution >= 4 is 17.6 Å². The molecule has 0 radical (unpaired) electrons. The standard InChI is InChI=1S/C19H18N2O5/c1-12(18(22)21-14-6-4-13(11-20)5-7-14)26-19(23)16-9-8-15(24-2)10-17(16)25-3/h4-10,12H,1-3H3,(H,21,22)/t12-/m0/s1. The van der Waals surface area contributed by atoms with Crippen LogP contribution < -0.4 is 14.8 Å². The molecule has 0 saturated carbocycles. The fourth-order valence-electron chi connectivity index (χ4n) is 2.12. The van der Waals surface area contributed by atoms with Crippen LogP contribution in [0.4, 0.5) is 5.69 Å². The van der Waals surface area contributed by atoms with E-state index >= 15 is 0 Å². The van der Waals surface area contributed by atoms with Crippen LogP contribution in [0, 0.1) is 11.3 Å². The van der Waals surface area contributed by atoms with Crippen molar-refractivity contribution in [1.29, 1.82) is 5.26 Å². The molecule has 0 unspecified atom stereocenters. The molecule has 0 aliphatic rings. The highest BCUT2D eigenvalue weighted by molar-refractivity contribution is 5.98. The monoisotopic (exact) mass is 354 g/mol. The highest BCUT2D eigenvalue weighted by atomic mass is 16.5. The van der Waals surface area contributed by atoms with Crippen LogP contribution in [0.5, 0.6) is 11.5 Å². The fraction of sp³-hybridized carbons (Fsp3) is 0.211. The zero-order chi connectivity index (χ0) is 19.1. The molecule has 0 heterocycles. The molecule has 7 heteroatoms. The molecule has 0 spiro atoms. The van der Waals surface area contributed by atoms with E-state index in [-0.39, 0.29) is 11.3 Å². The maximum Gasteiger partial charge on any atom is 0.342 e. The van der Waals surface area contributed by atoms with E-state index in [1.165, 1.54) is 27.2 Å². The quantitative estimate of drug-likeness (QED) is 0.801. The third kappa shape index (κ3) is 4.51. The topological polar surface area (TPSA) is 97.6 Å². The Morgan fingerprint density at radius 2 is 1.77 bits per heavy atom. The molecule has 1 amide bonds. The lowest BCUT2D eigenvalue weighted by molar-refractivity contribution is -0.123. The summed E-state index contributed by atoms with van der Waals surface area (Å²) >= 11 is 0. The molecule has 0 aliphatic heterocycles. The van der Waals surface area contributed by atoms with Gasteiger partial charge in [0.15, 0.2) is 6.10 Å². The molecular weight excluding hydrogens is 336 g/mol. The number of nitrogens with one attached hydrogen (secondary N) is 1. The van der Waals surface area contributed by atoms with Gasteiger partial charge >= 0.3 is 5.97 Å². The minimum atomic E-state index is -1.02. The molecular formula is C19H18N2O5. The minimum absolute atomic E-state index is 0.186. The van der Waals surface area contributed by atoms with Gasteiger partial charge in [0.2, 0.25) is 0 Å². The summed E-state index contributed by atoms with van der Waals surface area (Å²) in [5.41, 5.74) is 1.17. The van der Waals surface area contributed by atoms with Gasteiger partial charge in [0.1, 0.15) is 17.1 Å². The first-order valence-corrected chi connectivity index (χ1v) is 7.72. The van der Waals surface area contributed by atoms with Crippen LogP contribution in [0.3, 0.4) is 0 Å². The lowest BCUT2D eigenvalue weighted by Gasteiger charge is -2.15. The first-order valence-electron chi connectivity index (χ1n) is 7.72. The third-order valence-corrected chi connectivity index (χ3v) is 3.56. The van der Waals surface area contributed by atoms with Crippen LogP contribution >= 0.6 is 0 Å². The number of benzene rings is 2. The van der Waals surface area contributed by atoms with Crippen molar-refractivity contribution in [3.05, 3.63) is 53.6 Å². The van der Waals surface area contributed by atoms with Crippen molar-refractivity contribution in [2.45, 2.75) is 13.0 Å². The van der Waals surface area contributed by atoms with E-state index in [1.54, 1.807) is 36.4 Å². The van der Waals surface area contributed by atoms with Gasteiger partial charge in [0, 0.05) is 11.8 Å². The molecule has 1 atom stereocenters. The summed E-state index contributed by atoms with van der Waals surface area (Å²) < 4.78 is 15.4. The molecule has 134 valence electrons. The maximum absolute atomic E-state index is 12.3. The van der Waals surface area contributed by atoms with E-state index in [9.17, 15) is 9.59 Å². The summed E-state index contributed by atoms with van der Waals surface area (Å²) in [6, 6.07) is 13.0. The smallest absolute Gasteiger partial charge is 0.342 e. The fourth-order valence-corrected chi connectivity index (χ4v) is 2.12. The van der Waals surface area contributed by atoms with Crippen LogP contribution in [0.25, 0.3) is 0 Å². The summed E-state index contributed by atoms with van der Waals surface area (Å²) in [4.78, 5) is 24.5. The van der Waals surface area contributed by atoms with Crippen molar-refractivity contribution in [2.75, 3.05) is 19.5 Å². The number of methoxy groups -OCH3 is 2. The second kappa shape index (κ2) is 8.53. The van der Waals surface area contributed by atoms with Crippen molar-refractivity contribution in [3.63, 3.8) is 0 Å². The van der Waals surface area contributed by atoms with Crippen LogP contribution in [0.2, 0.25) is 0 Å². The van der Waals surface area contributed by atoms with E-state index in [0.717, 1.165) is 0 Å². The summed E-state index contributed by atoms with van der Waals surface area (Å²) in [6.45, 7) is 1.47. The zero-order valence-electron chi connectivity index (χ0n) is 14.6. The third-order valence-electron chi connectivity index (χ3n) is 3.56. The number of carbonyl (C=O) groups is 2. The predicted octanol–water partition coefficient (Wildman–Crippen LogP) is 2.76. The van der Waals surface area contributed by atoms with Gasteiger partial charge in [-0.25, -0.2) is 4.79 Å². The van der Waals surface area contributed by atoms with Crippen molar-refractivity contribution in [1.82, 2.24) is 0 Å². The van der Waals surface area contributed by atoms with Gasteiger partial charge in [-0.1, -0.05) is 0 Å². The molecule has 0 bridgehead atoms. The van der Waals surface area contributed by atoms with E-state index in [0.29, 0.717) is 17.0 Å². The van der Waals surface area contributed by atoms with Crippen LogP contribution in [-0.4, -0.2) is 32.2 Å². The summed E-state index contributed by atoms with van der Waals surface area (Å²) in [7, 11) is 2.93. The van der Waals surface area contributed by atoms with Gasteiger partial charge in [0.25, 0.3) is 5.91 Å². The Kier molecular flexibility index (Phi) is 6.17. The van der Waals surface area contributed by atoms with Crippen molar-refractivity contribution < 1.29 is 23.8 Å². The second-order valence-corrected chi connectivity index (χ2v) is 5.29. The van der Waals surface area contributed by atoms with E-state index in [1.807, 2.05) is 6.07 Å². The van der Waals surface area contributed by atoms with E-state index in [2.05, 4.69) is 5.32 Å². The molecule has 0 fully saturated rings. The molecule has 0 saturated heterocycles. The first kappa shape index (κ1) is 18.8.